The van der Waals surface area contributed by atoms with E-state index in [1.807, 2.05) is 0 Å². The van der Waals surface area contributed by atoms with E-state index in [1.54, 1.807) is 11.3 Å². The first-order valence-electron chi connectivity index (χ1n) is 10.1. The largest absolute Gasteiger partial charge is 0.337 e. The lowest BCUT2D eigenvalue weighted by molar-refractivity contribution is 0.560. The van der Waals surface area contributed by atoms with Crippen LogP contribution in [0, 0.1) is 5.92 Å². The summed E-state index contributed by atoms with van der Waals surface area (Å²) in [4.78, 5) is 2.58. The highest BCUT2D eigenvalue weighted by Crippen LogP contribution is 2.50. The van der Waals surface area contributed by atoms with E-state index >= 15 is 0 Å². The van der Waals surface area contributed by atoms with Crippen molar-refractivity contribution in [1.82, 2.24) is 0 Å². The number of hydrogen-bond acceptors (Lipinski definition) is 2. The van der Waals surface area contributed by atoms with Crippen molar-refractivity contribution in [2.24, 2.45) is 11.7 Å². The summed E-state index contributed by atoms with van der Waals surface area (Å²) in [7, 11) is 0. The summed E-state index contributed by atoms with van der Waals surface area (Å²) in [6.07, 6.45) is 12.7. The van der Waals surface area contributed by atoms with Gasteiger partial charge in [-0.2, -0.15) is 0 Å². The molecule has 0 bridgehead atoms. The highest BCUT2D eigenvalue weighted by molar-refractivity contribution is 5.62. The third kappa shape index (κ3) is 2.85. The molecule has 1 aliphatic heterocycles. The molecule has 0 fully saturated rings. The number of hydrogen-bond donors (Lipinski definition) is 1. The first kappa shape index (κ1) is 16.6. The van der Waals surface area contributed by atoms with E-state index in [0.717, 1.165) is 6.42 Å². The molecule has 27 heavy (non-hydrogen) atoms. The fourth-order valence-corrected chi connectivity index (χ4v) is 5.08. The first-order valence-corrected chi connectivity index (χ1v) is 10.1. The Morgan fingerprint density at radius 1 is 0.963 bits per heavy atom. The summed E-state index contributed by atoms with van der Waals surface area (Å²) in [5, 5.41) is 0. The highest BCUT2D eigenvalue weighted by atomic mass is 15.2. The summed E-state index contributed by atoms with van der Waals surface area (Å²) in [5.74, 6) is 1.14. The maximum atomic E-state index is 5.91. The quantitative estimate of drug-likeness (QED) is 0.810. The highest BCUT2D eigenvalue weighted by Gasteiger charge is 2.41. The van der Waals surface area contributed by atoms with E-state index in [4.69, 9.17) is 5.73 Å². The molecule has 136 valence electrons. The predicted octanol–water partition coefficient (Wildman–Crippen LogP) is 5.30. The maximum absolute atomic E-state index is 5.91. The van der Waals surface area contributed by atoms with Gasteiger partial charge in [0.1, 0.15) is 0 Å². The Bertz CT molecular complexity index is 922. The number of anilines is 1. The van der Waals surface area contributed by atoms with Crippen LogP contribution in [0.5, 0.6) is 0 Å². The van der Waals surface area contributed by atoms with Gasteiger partial charge in [0.2, 0.25) is 0 Å². The molecule has 2 nitrogen and oxygen atoms in total. The Hall–Kier alpha value is -2.58. The summed E-state index contributed by atoms with van der Waals surface area (Å²) in [5.41, 5.74) is 13.1. The van der Waals surface area contributed by atoms with Crippen LogP contribution in [-0.2, 0) is 6.54 Å². The van der Waals surface area contributed by atoms with Gasteiger partial charge in [-0.25, -0.2) is 0 Å². The lowest BCUT2D eigenvalue weighted by Gasteiger charge is -2.32. The number of rotatable bonds is 3. The van der Waals surface area contributed by atoms with Gasteiger partial charge >= 0.3 is 0 Å². The Labute approximate surface area is 161 Å². The normalized spacial score (nSPS) is 26.3. The molecule has 5 rings (SSSR count). The van der Waals surface area contributed by atoms with E-state index < -0.39 is 0 Å². The fourth-order valence-electron chi connectivity index (χ4n) is 5.08. The van der Waals surface area contributed by atoms with Crippen molar-refractivity contribution in [2.45, 2.75) is 37.8 Å². The summed E-state index contributed by atoms with van der Waals surface area (Å²) < 4.78 is 0. The van der Waals surface area contributed by atoms with Crippen LogP contribution >= 0.6 is 0 Å². The van der Waals surface area contributed by atoms with Crippen LogP contribution in [0.3, 0.4) is 0 Å². The van der Waals surface area contributed by atoms with Gasteiger partial charge < -0.3 is 10.6 Å². The SMILES string of the molecule is NCc1cccc(N2C3=C(CC(c4ccccc4)CC3)C3C=CC=CC32)c1. The van der Waals surface area contributed by atoms with Crippen LogP contribution in [-0.4, -0.2) is 6.04 Å². The second-order valence-corrected chi connectivity index (χ2v) is 7.85. The molecule has 0 saturated heterocycles. The molecule has 2 N–H and O–H groups in total. The number of nitrogens with zero attached hydrogens (tertiary/aromatic N) is 1. The van der Waals surface area contributed by atoms with Crippen LogP contribution in [0.1, 0.15) is 36.3 Å². The molecule has 2 heteroatoms. The van der Waals surface area contributed by atoms with Crippen LogP contribution in [0.4, 0.5) is 5.69 Å². The van der Waals surface area contributed by atoms with Crippen molar-refractivity contribution in [3.63, 3.8) is 0 Å². The molecular formula is C25H26N2. The minimum Gasteiger partial charge on any atom is -0.337 e. The zero-order valence-electron chi connectivity index (χ0n) is 15.6. The molecule has 0 aromatic heterocycles. The number of nitrogens with two attached hydrogens (primary N) is 1. The Balaban J connectivity index is 1.54. The van der Waals surface area contributed by atoms with Gasteiger partial charge in [-0.1, -0.05) is 66.8 Å². The smallest absolute Gasteiger partial charge is 0.0623 e. The fraction of sp³-hybridized carbons (Fsp3) is 0.280. The predicted molar refractivity (Wildman–Crippen MR) is 112 cm³/mol. The van der Waals surface area contributed by atoms with Crippen LogP contribution in [0.25, 0.3) is 0 Å². The third-order valence-corrected chi connectivity index (χ3v) is 6.36. The molecule has 0 amide bonds. The molecule has 3 aliphatic rings. The van der Waals surface area contributed by atoms with Gasteiger partial charge in [0.05, 0.1) is 6.04 Å². The molecular weight excluding hydrogens is 328 g/mol. The molecule has 0 saturated carbocycles. The number of allylic oxidation sites excluding steroid dienone is 3. The number of fused-ring (bicyclic) bond motifs is 2. The minimum atomic E-state index is 0.405. The monoisotopic (exact) mass is 354 g/mol. The van der Waals surface area contributed by atoms with Gasteiger partial charge in [0.15, 0.2) is 0 Å². The molecule has 2 aromatic rings. The lowest BCUT2D eigenvalue weighted by atomic mass is 9.78. The van der Waals surface area contributed by atoms with E-state index in [-0.39, 0.29) is 0 Å². The van der Waals surface area contributed by atoms with Gasteiger partial charge in [0.25, 0.3) is 0 Å². The van der Waals surface area contributed by atoms with Crippen molar-refractivity contribution in [3.05, 3.63) is 101 Å². The lowest BCUT2D eigenvalue weighted by Crippen LogP contribution is -2.32. The average Bonchev–Trinajstić information content (AvgIpc) is 3.08. The van der Waals surface area contributed by atoms with Crippen molar-refractivity contribution >= 4 is 5.69 Å². The second kappa shape index (κ2) is 6.86. The Morgan fingerprint density at radius 3 is 2.67 bits per heavy atom. The van der Waals surface area contributed by atoms with E-state index in [9.17, 15) is 0 Å². The first-order chi connectivity index (χ1) is 13.3. The molecule has 1 heterocycles. The van der Waals surface area contributed by atoms with Crippen molar-refractivity contribution in [3.8, 4) is 0 Å². The van der Waals surface area contributed by atoms with Crippen LogP contribution in [0.2, 0.25) is 0 Å². The standard InChI is InChI=1S/C25H26N2/c26-17-18-7-6-10-21(15-18)27-24-12-5-4-11-22(24)23-16-20(13-14-25(23)27)19-8-2-1-3-9-19/h1-12,15,20,22,24H,13-14,16-17,26H2. The van der Waals surface area contributed by atoms with E-state index in [1.165, 1.54) is 29.7 Å². The zero-order valence-corrected chi connectivity index (χ0v) is 15.6. The Kier molecular flexibility index (Phi) is 4.21. The van der Waals surface area contributed by atoms with E-state index in [0.29, 0.717) is 24.4 Å². The van der Waals surface area contributed by atoms with Crippen molar-refractivity contribution < 1.29 is 0 Å². The van der Waals surface area contributed by atoms with Crippen LogP contribution in [0.15, 0.2) is 90.2 Å². The van der Waals surface area contributed by atoms with Crippen molar-refractivity contribution in [1.29, 1.82) is 0 Å². The molecule has 0 radical (unpaired) electrons. The van der Waals surface area contributed by atoms with E-state index in [2.05, 4.69) is 83.8 Å². The maximum Gasteiger partial charge on any atom is 0.0623 e. The Morgan fingerprint density at radius 2 is 1.81 bits per heavy atom. The van der Waals surface area contributed by atoms with Gasteiger partial charge in [-0.05, 0) is 54.0 Å². The van der Waals surface area contributed by atoms with Gasteiger partial charge in [-0.15, -0.1) is 0 Å². The second-order valence-electron chi connectivity index (χ2n) is 7.85. The molecule has 3 unspecified atom stereocenters. The third-order valence-electron chi connectivity index (χ3n) is 6.36. The van der Waals surface area contributed by atoms with Gasteiger partial charge in [0, 0.05) is 23.8 Å². The topological polar surface area (TPSA) is 29.3 Å². The van der Waals surface area contributed by atoms with Crippen molar-refractivity contribution in [2.75, 3.05) is 4.90 Å². The molecule has 3 atom stereocenters. The van der Waals surface area contributed by atoms with Gasteiger partial charge in [-0.3, -0.25) is 0 Å². The average molecular weight is 354 g/mol. The van der Waals surface area contributed by atoms with Crippen LogP contribution < -0.4 is 10.6 Å². The summed E-state index contributed by atoms with van der Waals surface area (Å²) in [6, 6.07) is 20.2. The molecule has 2 aliphatic carbocycles. The molecule has 2 aromatic carbocycles. The minimum absolute atomic E-state index is 0.405. The number of benzene rings is 2. The zero-order chi connectivity index (χ0) is 18.2. The molecule has 0 spiro atoms. The summed E-state index contributed by atoms with van der Waals surface area (Å²) >= 11 is 0. The summed E-state index contributed by atoms with van der Waals surface area (Å²) in [6.45, 7) is 0.591.